The zero-order valence-electron chi connectivity index (χ0n) is 7.35. The van der Waals surface area contributed by atoms with Gasteiger partial charge in [-0.25, -0.2) is 0 Å². The van der Waals surface area contributed by atoms with Gasteiger partial charge in [0.15, 0.2) is 0 Å². The summed E-state index contributed by atoms with van der Waals surface area (Å²) in [6.45, 7) is 8.51. The third-order valence-corrected chi connectivity index (χ3v) is 1.27. The Kier molecular flexibility index (Phi) is 5.75. The highest BCUT2D eigenvalue weighted by molar-refractivity contribution is 5.75. The van der Waals surface area contributed by atoms with Crippen molar-refractivity contribution in [3.05, 3.63) is 12.2 Å². The molecule has 2 heteroatoms. The Morgan fingerprint density at radius 1 is 1.27 bits per heavy atom. The number of hydrogen-bond donors (Lipinski definition) is 0. The number of hydrogen-bond acceptors (Lipinski definition) is 2. The maximum absolute atomic E-state index is 10.4. The Labute approximate surface area is 68.2 Å². The van der Waals surface area contributed by atoms with Crippen LogP contribution in [0.4, 0.5) is 0 Å². The van der Waals surface area contributed by atoms with Crippen molar-refractivity contribution < 1.29 is 9.53 Å². The van der Waals surface area contributed by atoms with Gasteiger partial charge in [0.2, 0.25) is 0 Å². The van der Waals surface area contributed by atoms with E-state index in [1.165, 1.54) is 0 Å². The van der Waals surface area contributed by atoms with Crippen molar-refractivity contribution in [2.75, 3.05) is 13.2 Å². The van der Waals surface area contributed by atoms with Gasteiger partial charge >= 0.3 is 0 Å². The summed E-state index contributed by atoms with van der Waals surface area (Å²) in [6.07, 6.45) is 1.41. The largest absolute Gasteiger partial charge is 0.381 e. The van der Waals surface area contributed by atoms with Crippen molar-refractivity contribution in [1.82, 2.24) is 0 Å². The standard InChI is InChI=1S/C9H16O2/c1-8(2)4-6-11-7-5-9(3)10/h1,4-7H2,2-3H3. The van der Waals surface area contributed by atoms with Crippen LogP contribution < -0.4 is 0 Å². The van der Waals surface area contributed by atoms with Crippen LogP contribution in [0, 0.1) is 0 Å². The first-order valence-electron chi connectivity index (χ1n) is 3.84. The minimum atomic E-state index is 0.181. The molecule has 0 bridgehead atoms. The molecule has 0 saturated carbocycles. The van der Waals surface area contributed by atoms with E-state index in [0.717, 1.165) is 12.0 Å². The van der Waals surface area contributed by atoms with Crippen LogP contribution >= 0.6 is 0 Å². The normalized spacial score (nSPS) is 9.64. The summed E-state index contributed by atoms with van der Waals surface area (Å²) in [6, 6.07) is 0. The number of ether oxygens (including phenoxy) is 1. The maximum atomic E-state index is 10.4. The van der Waals surface area contributed by atoms with E-state index >= 15 is 0 Å². The van der Waals surface area contributed by atoms with Crippen LogP contribution in [0.2, 0.25) is 0 Å². The summed E-state index contributed by atoms with van der Waals surface area (Å²) in [5.74, 6) is 0.181. The molecule has 0 fully saturated rings. The predicted molar refractivity (Wildman–Crippen MR) is 45.5 cm³/mol. The first kappa shape index (κ1) is 10.4. The third kappa shape index (κ3) is 9.37. The van der Waals surface area contributed by atoms with Gasteiger partial charge in [0.25, 0.3) is 0 Å². The van der Waals surface area contributed by atoms with Crippen molar-refractivity contribution in [2.45, 2.75) is 26.7 Å². The highest BCUT2D eigenvalue weighted by Gasteiger charge is 1.92. The zero-order chi connectivity index (χ0) is 8.69. The van der Waals surface area contributed by atoms with Gasteiger partial charge in [0.05, 0.1) is 13.2 Å². The molecule has 11 heavy (non-hydrogen) atoms. The van der Waals surface area contributed by atoms with Gasteiger partial charge in [-0.3, -0.25) is 4.79 Å². The highest BCUT2D eigenvalue weighted by atomic mass is 16.5. The molecule has 0 spiro atoms. The molecule has 2 nitrogen and oxygen atoms in total. The molecule has 0 aliphatic rings. The van der Waals surface area contributed by atoms with Crippen molar-refractivity contribution in [3.63, 3.8) is 0 Å². The monoisotopic (exact) mass is 156 g/mol. The number of carbonyl (C=O) groups is 1. The molecular weight excluding hydrogens is 140 g/mol. The van der Waals surface area contributed by atoms with Crippen LogP contribution in [0.5, 0.6) is 0 Å². The van der Waals surface area contributed by atoms with Gasteiger partial charge < -0.3 is 4.74 Å². The SMILES string of the molecule is C=C(C)CCOCCC(C)=O. The van der Waals surface area contributed by atoms with Gasteiger partial charge in [-0.15, -0.1) is 6.58 Å². The second kappa shape index (κ2) is 6.10. The molecule has 0 radical (unpaired) electrons. The quantitative estimate of drug-likeness (QED) is 0.434. The summed E-state index contributed by atoms with van der Waals surface area (Å²) < 4.78 is 5.17. The second-order valence-corrected chi connectivity index (χ2v) is 2.77. The first-order valence-corrected chi connectivity index (χ1v) is 3.84. The van der Waals surface area contributed by atoms with Crippen LogP contribution in [-0.4, -0.2) is 19.0 Å². The van der Waals surface area contributed by atoms with E-state index in [1.54, 1.807) is 6.92 Å². The average Bonchev–Trinajstić information content (AvgIpc) is 1.85. The van der Waals surface area contributed by atoms with Gasteiger partial charge in [0.1, 0.15) is 5.78 Å². The third-order valence-electron chi connectivity index (χ3n) is 1.27. The fraction of sp³-hybridized carbons (Fsp3) is 0.667. The van der Waals surface area contributed by atoms with E-state index in [1.807, 2.05) is 6.92 Å². The maximum Gasteiger partial charge on any atom is 0.132 e. The summed E-state index contributed by atoms with van der Waals surface area (Å²) in [5, 5.41) is 0. The smallest absolute Gasteiger partial charge is 0.132 e. The van der Waals surface area contributed by atoms with E-state index in [9.17, 15) is 4.79 Å². The Balaban J connectivity index is 3.03. The molecule has 0 aliphatic carbocycles. The topological polar surface area (TPSA) is 26.3 Å². The number of Topliss-reactive ketones (excluding diaryl/α,β-unsaturated/α-hetero) is 1. The number of ketones is 1. The Bertz CT molecular complexity index is 122. The average molecular weight is 156 g/mol. The summed E-state index contributed by atoms with van der Waals surface area (Å²) in [5.41, 5.74) is 1.12. The molecule has 64 valence electrons. The zero-order valence-corrected chi connectivity index (χ0v) is 7.35. The Hall–Kier alpha value is -0.630. The van der Waals surface area contributed by atoms with Crippen LogP contribution in [-0.2, 0) is 9.53 Å². The van der Waals surface area contributed by atoms with Crippen LogP contribution in [0.3, 0.4) is 0 Å². The lowest BCUT2D eigenvalue weighted by molar-refractivity contribution is -0.118. The lowest BCUT2D eigenvalue weighted by Crippen LogP contribution is -2.01. The molecule has 0 aromatic carbocycles. The van der Waals surface area contributed by atoms with Crippen LogP contribution in [0.15, 0.2) is 12.2 Å². The summed E-state index contributed by atoms with van der Waals surface area (Å²) in [7, 11) is 0. The molecule has 0 amide bonds. The second-order valence-electron chi connectivity index (χ2n) is 2.77. The minimum Gasteiger partial charge on any atom is -0.381 e. The van der Waals surface area contributed by atoms with Gasteiger partial charge in [-0.2, -0.15) is 0 Å². The van der Waals surface area contributed by atoms with Crippen LogP contribution in [0.1, 0.15) is 26.7 Å². The van der Waals surface area contributed by atoms with E-state index in [4.69, 9.17) is 4.74 Å². The fourth-order valence-corrected chi connectivity index (χ4v) is 0.564. The van der Waals surface area contributed by atoms with Crippen molar-refractivity contribution in [3.8, 4) is 0 Å². The van der Waals surface area contributed by atoms with E-state index in [0.29, 0.717) is 19.6 Å². The molecule has 0 unspecified atom stereocenters. The predicted octanol–water partition coefficient (Wildman–Crippen LogP) is 1.95. The molecule has 0 saturated heterocycles. The highest BCUT2D eigenvalue weighted by Crippen LogP contribution is 1.95. The molecule has 0 N–H and O–H groups in total. The van der Waals surface area contributed by atoms with E-state index in [2.05, 4.69) is 6.58 Å². The van der Waals surface area contributed by atoms with Gasteiger partial charge in [-0.1, -0.05) is 5.57 Å². The molecule has 0 atom stereocenters. The molecule has 0 rings (SSSR count). The molecule has 0 aliphatic heterocycles. The van der Waals surface area contributed by atoms with Crippen LogP contribution in [0.25, 0.3) is 0 Å². The van der Waals surface area contributed by atoms with E-state index in [-0.39, 0.29) is 5.78 Å². The molecule has 0 aromatic heterocycles. The van der Waals surface area contributed by atoms with Crippen molar-refractivity contribution in [2.24, 2.45) is 0 Å². The molecular formula is C9H16O2. The van der Waals surface area contributed by atoms with Crippen molar-refractivity contribution in [1.29, 1.82) is 0 Å². The Morgan fingerprint density at radius 3 is 2.27 bits per heavy atom. The Morgan fingerprint density at radius 2 is 1.82 bits per heavy atom. The number of carbonyl (C=O) groups excluding carboxylic acids is 1. The van der Waals surface area contributed by atoms with Gasteiger partial charge in [0, 0.05) is 6.42 Å². The van der Waals surface area contributed by atoms with E-state index < -0.39 is 0 Å². The molecule has 0 aromatic rings. The fourth-order valence-electron chi connectivity index (χ4n) is 0.564. The lowest BCUT2D eigenvalue weighted by Gasteiger charge is -2.01. The molecule has 0 heterocycles. The van der Waals surface area contributed by atoms with Gasteiger partial charge in [-0.05, 0) is 20.3 Å². The van der Waals surface area contributed by atoms with Crippen molar-refractivity contribution >= 4 is 5.78 Å². The minimum absolute atomic E-state index is 0.181. The summed E-state index contributed by atoms with van der Waals surface area (Å²) >= 11 is 0. The first-order chi connectivity index (χ1) is 5.13. The summed E-state index contributed by atoms with van der Waals surface area (Å²) in [4.78, 5) is 10.4. The number of rotatable bonds is 6. The lowest BCUT2D eigenvalue weighted by atomic mass is 10.3.